The molecule has 7 nitrogen and oxygen atoms in total. The molecular weight excluding hydrogens is 319 g/mol. The van der Waals surface area contributed by atoms with E-state index in [1.807, 2.05) is 0 Å². The summed E-state index contributed by atoms with van der Waals surface area (Å²) in [6.45, 7) is 1.61. The van der Waals surface area contributed by atoms with Crippen LogP contribution in [0.25, 0.3) is 5.69 Å². The van der Waals surface area contributed by atoms with Gasteiger partial charge in [-0.15, -0.1) is 0 Å². The minimum atomic E-state index is -0.924. The van der Waals surface area contributed by atoms with Crippen molar-refractivity contribution in [2.45, 2.75) is 6.92 Å². The molecule has 0 saturated carbocycles. The predicted octanol–water partition coefficient (Wildman–Crippen LogP) is 1.91. The highest BCUT2D eigenvalue weighted by molar-refractivity contribution is 6.02. The number of benzene rings is 1. The van der Waals surface area contributed by atoms with Gasteiger partial charge in [0.05, 0.1) is 6.61 Å². The molecule has 2 N–H and O–H groups in total. The zero-order chi connectivity index (χ0) is 18.0. The van der Waals surface area contributed by atoms with Crippen LogP contribution in [0.4, 0.5) is 4.39 Å². The number of carbonyl (C=O) groups excluding carboxylic acids is 2. The number of aromatic hydroxyl groups is 2. The Morgan fingerprint density at radius 3 is 2.17 bits per heavy atom. The van der Waals surface area contributed by atoms with Gasteiger partial charge in [-0.25, -0.2) is 9.18 Å². The molecule has 1 aromatic carbocycles. The van der Waals surface area contributed by atoms with E-state index in [0.717, 1.165) is 16.7 Å². The molecule has 0 aliphatic rings. The van der Waals surface area contributed by atoms with E-state index in [4.69, 9.17) is 4.74 Å². The molecule has 8 heteroatoms. The quantitative estimate of drug-likeness (QED) is 0.832. The number of halogens is 1. The average molecular weight is 336 g/mol. The highest BCUT2D eigenvalue weighted by atomic mass is 19.1. The molecule has 0 aliphatic heterocycles. The second-order valence-electron chi connectivity index (χ2n) is 5.13. The summed E-state index contributed by atoms with van der Waals surface area (Å²) in [6, 6.07) is 4.87. The number of rotatable bonds is 4. The molecule has 0 aliphatic carbocycles. The van der Waals surface area contributed by atoms with Crippen molar-refractivity contribution in [3.05, 3.63) is 41.5 Å². The molecule has 24 heavy (non-hydrogen) atoms. The number of hydrogen-bond donors (Lipinski definition) is 2. The van der Waals surface area contributed by atoms with Gasteiger partial charge in [0.25, 0.3) is 5.91 Å². The lowest BCUT2D eigenvalue weighted by atomic mass is 10.3. The molecule has 0 saturated heterocycles. The molecule has 128 valence electrons. The molecule has 0 fully saturated rings. The van der Waals surface area contributed by atoms with Crippen LogP contribution in [-0.2, 0) is 4.74 Å². The lowest BCUT2D eigenvalue weighted by molar-refractivity contribution is 0.0513. The predicted molar refractivity (Wildman–Crippen MR) is 83.0 cm³/mol. The summed E-state index contributed by atoms with van der Waals surface area (Å²) in [6.07, 6.45) is 0. The largest absolute Gasteiger partial charge is 0.503 e. The third-order valence-corrected chi connectivity index (χ3v) is 3.28. The van der Waals surface area contributed by atoms with Crippen LogP contribution in [0, 0.1) is 5.82 Å². The van der Waals surface area contributed by atoms with Crippen LogP contribution in [0.1, 0.15) is 27.9 Å². The normalized spacial score (nSPS) is 10.5. The van der Waals surface area contributed by atoms with Gasteiger partial charge in [-0.05, 0) is 31.2 Å². The molecule has 2 rings (SSSR count). The van der Waals surface area contributed by atoms with Crippen molar-refractivity contribution in [2.24, 2.45) is 0 Å². The number of hydrogen-bond acceptors (Lipinski definition) is 5. The number of amides is 1. The average Bonchev–Trinajstić information content (AvgIpc) is 2.79. The molecule has 2 aromatic rings. The Kier molecular flexibility index (Phi) is 4.77. The van der Waals surface area contributed by atoms with Crippen LogP contribution in [0.2, 0.25) is 0 Å². The zero-order valence-corrected chi connectivity index (χ0v) is 13.4. The van der Waals surface area contributed by atoms with Gasteiger partial charge in [-0.2, -0.15) is 0 Å². The fourth-order valence-electron chi connectivity index (χ4n) is 2.19. The summed E-state index contributed by atoms with van der Waals surface area (Å²) in [5.41, 5.74) is -0.529. The Balaban J connectivity index is 2.80. The van der Waals surface area contributed by atoms with Crippen LogP contribution >= 0.6 is 0 Å². The fraction of sp³-hybridized carbons (Fsp3) is 0.250. The van der Waals surface area contributed by atoms with E-state index in [1.165, 1.54) is 31.1 Å². The van der Waals surface area contributed by atoms with Gasteiger partial charge in [-0.3, -0.25) is 9.36 Å². The van der Waals surface area contributed by atoms with Crippen LogP contribution in [0.5, 0.6) is 11.5 Å². The first-order valence-electron chi connectivity index (χ1n) is 7.10. The first-order chi connectivity index (χ1) is 11.3. The van der Waals surface area contributed by atoms with Crippen molar-refractivity contribution in [1.82, 2.24) is 9.47 Å². The lowest BCUT2D eigenvalue weighted by Gasteiger charge is -2.15. The van der Waals surface area contributed by atoms with Gasteiger partial charge in [-0.1, -0.05) is 0 Å². The monoisotopic (exact) mass is 336 g/mol. The highest BCUT2D eigenvalue weighted by Crippen LogP contribution is 2.39. The molecule has 0 atom stereocenters. The second kappa shape index (κ2) is 6.61. The van der Waals surface area contributed by atoms with Crippen molar-refractivity contribution < 1.29 is 28.9 Å². The summed E-state index contributed by atoms with van der Waals surface area (Å²) in [4.78, 5) is 25.7. The molecular formula is C16H17FN2O5. The molecule has 0 radical (unpaired) electrons. The number of nitrogens with zero attached hydrogens (tertiary/aromatic N) is 2. The van der Waals surface area contributed by atoms with E-state index in [0.29, 0.717) is 0 Å². The SMILES string of the molecule is CCOC(=O)c1c(O)c(O)c(C(=O)N(C)C)n1-c1ccc(F)cc1. The van der Waals surface area contributed by atoms with Crippen molar-refractivity contribution in [3.63, 3.8) is 0 Å². The van der Waals surface area contributed by atoms with Crippen LogP contribution < -0.4 is 0 Å². The number of ether oxygens (including phenoxy) is 1. The zero-order valence-electron chi connectivity index (χ0n) is 13.4. The summed E-state index contributed by atoms with van der Waals surface area (Å²) in [7, 11) is 2.90. The Morgan fingerprint density at radius 1 is 1.12 bits per heavy atom. The van der Waals surface area contributed by atoms with Crippen molar-refractivity contribution in [2.75, 3.05) is 20.7 Å². The van der Waals surface area contributed by atoms with Gasteiger partial charge in [0.15, 0.2) is 22.9 Å². The van der Waals surface area contributed by atoms with Gasteiger partial charge in [0, 0.05) is 19.8 Å². The van der Waals surface area contributed by atoms with E-state index in [2.05, 4.69) is 0 Å². The second-order valence-corrected chi connectivity index (χ2v) is 5.13. The molecule has 0 spiro atoms. The smallest absolute Gasteiger partial charge is 0.359 e. The lowest BCUT2D eigenvalue weighted by Crippen LogP contribution is -2.25. The third kappa shape index (κ3) is 2.90. The number of esters is 1. The topological polar surface area (TPSA) is 92.0 Å². The van der Waals surface area contributed by atoms with Gasteiger partial charge in [0.1, 0.15) is 5.82 Å². The van der Waals surface area contributed by atoms with Crippen LogP contribution in [0.3, 0.4) is 0 Å². The maximum atomic E-state index is 13.2. The van der Waals surface area contributed by atoms with E-state index < -0.39 is 34.9 Å². The molecule has 1 amide bonds. The standard InChI is InChI=1S/C16H17FN2O5/c1-4-24-16(23)12-14(21)13(20)11(15(22)18(2)3)19(12)10-7-5-9(17)6-8-10/h5-8,20-21H,4H2,1-3H3. The van der Waals surface area contributed by atoms with E-state index in [1.54, 1.807) is 6.92 Å². The van der Waals surface area contributed by atoms with Crippen molar-refractivity contribution in [1.29, 1.82) is 0 Å². The third-order valence-electron chi connectivity index (χ3n) is 3.28. The van der Waals surface area contributed by atoms with E-state index >= 15 is 0 Å². The first-order valence-corrected chi connectivity index (χ1v) is 7.10. The fourth-order valence-corrected chi connectivity index (χ4v) is 2.19. The highest BCUT2D eigenvalue weighted by Gasteiger charge is 2.33. The molecule has 1 aromatic heterocycles. The number of carbonyl (C=O) groups is 2. The Labute approximate surface area is 137 Å². The van der Waals surface area contributed by atoms with Crippen molar-refractivity contribution >= 4 is 11.9 Å². The minimum Gasteiger partial charge on any atom is -0.503 e. The molecule has 0 unspecified atom stereocenters. The summed E-state index contributed by atoms with van der Waals surface area (Å²) >= 11 is 0. The summed E-state index contributed by atoms with van der Waals surface area (Å²) in [5, 5.41) is 20.3. The maximum Gasteiger partial charge on any atom is 0.359 e. The summed E-state index contributed by atoms with van der Waals surface area (Å²) in [5.74, 6) is -3.61. The van der Waals surface area contributed by atoms with Crippen LogP contribution in [0.15, 0.2) is 24.3 Å². The maximum absolute atomic E-state index is 13.2. The van der Waals surface area contributed by atoms with Gasteiger partial charge < -0.3 is 19.8 Å². The molecule has 0 bridgehead atoms. The van der Waals surface area contributed by atoms with Crippen LogP contribution in [-0.4, -0.2) is 52.3 Å². The van der Waals surface area contributed by atoms with Gasteiger partial charge in [0.2, 0.25) is 0 Å². The first kappa shape index (κ1) is 17.3. The van der Waals surface area contributed by atoms with E-state index in [-0.39, 0.29) is 18.0 Å². The Morgan fingerprint density at radius 2 is 1.67 bits per heavy atom. The molecule has 1 heterocycles. The van der Waals surface area contributed by atoms with E-state index in [9.17, 15) is 24.2 Å². The Hall–Kier alpha value is -3.03. The number of aromatic nitrogens is 1. The van der Waals surface area contributed by atoms with Crippen molar-refractivity contribution in [3.8, 4) is 17.2 Å². The minimum absolute atomic E-state index is 0.0323. The Bertz CT molecular complexity index is 781. The van der Waals surface area contributed by atoms with Gasteiger partial charge >= 0.3 is 5.97 Å². The summed E-state index contributed by atoms with van der Waals surface area (Å²) < 4.78 is 19.1.